The lowest BCUT2D eigenvalue weighted by molar-refractivity contribution is 0.149. The zero-order chi connectivity index (χ0) is 13.5. The van der Waals surface area contributed by atoms with E-state index in [4.69, 9.17) is 21.1 Å². The summed E-state index contributed by atoms with van der Waals surface area (Å²) in [5.41, 5.74) is 0.967. The van der Waals surface area contributed by atoms with Crippen molar-refractivity contribution in [2.24, 2.45) is 0 Å². The van der Waals surface area contributed by atoms with Crippen molar-refractivity contribution in [2.45, 2.75) is 38.2 Å². The zero-order valence-electron chi connectivity index (χ0n) is 11.2. The standard InChI is InChI=1S/C14H19ClO3/c1-8(2)11-12(14(16)5-6-14)9(15)7-10(17-3)13(11)18-4/h7-8,16H,5-6H2,1-4H3. The predicted octanol–water partition coefficient (Wildman–Crippen LogP) is 3.46. The molecule has 2 rings (SSSR count). The molecule has 0 unspecified atom stereocenters. The fourth-order valence-electron chi connectivity index (χ4n) is 2.38. The molecule has 3 nitrogen and oxygen atoms in total. The average Bonchev–Trinajstić information content (AvgIpc) is 3.06. The van der Waals surface area contributed by atoms with E-state index in [0.29, 0.717) is 16.5 Å². The molecule has 1 fully saturated rings. The smallest absolute Gasteiger partial charge is 0.164 e. The fourth-order valence-corrected chi connectivity index (χ4v) is 2.76. The molecule has 1 aliphatic rings. The van der Waals surface area contributed by atoms with Gasteiger partial charge in [-0.2, -0.15) is 0 Å². The lowest BCUT2D eigenvalue weighted by Crippen LogP contribution is -2.12. The molecule has 1 aromatic carbocycles. The van der Waals surface area contributed by atoms with Crippen LogP contribution >= 0.6 is 11.6 Å². The second-order valence-electron chi connectivity index (χ2n) is 5.07. The molecule has 4 heteroatoms. The molecule has 18 heavy (non-hydrogen) atoms. The Labute approximate surface area is 113 Å². The summed E-state index contributed by atoms with van der Waals surface area (Å²) in [6, 6.07) is 1.72. The normalized spacial score (nSPS) is 16.8. The van der Waals surface area contributed by atoms with E-state index < -0.39 is 5.60 Å². The third kappa shape index (κ3) is 2.06. The lowest BCUT2D eigenvalue weighted by Gasteiger charge is -2.23. The number of aliphatic hydroxyl groups is 1. The van der Waals surface area contributed by atoms with Crippen LogP contribution in [0.3, 0.4) is 0 Å². The van der Waals surface area contributed by atoms with Crippen molar-refractivity contribution in [3.63, 3.8) is 0 Å². The molecular formula is C14H19ClO3. The van der Waals surface area contributed by atoms with Gasteiger partial charge in [0.1, 0.15) is 0 Å². The minimum absolute atomic E-state index is 0.201. The Hall–Kier alpha value is -0.930. The Morgan fingerprint density at radius 3 is 2.28 bits per heavy atom. The molecule has 1 saturated carbocycles. The van der Waals surface area contributed by atoms with E-state index in [1.54, 1.807) is 20.3 Å². The van der Waals surface area contributed by atoms with Crippen LogP contribution in [0.25, 0.3) is 0 Å². The predicted molar refractivity (Wildman–Crippen MR) is 71.8 cm³/mol. The van der Waals surface area contributed by atoms with Gasteiger partial charge >= 0.3 is 0 Å². The van der Waals surface area contributed by atoms with E-state index in [9.17, 15) is 5.11 Å². The van der Waals surface area contributed by atoms with Crippen LogP contribution in [0.5, 0.6) is 11.5 Å². The van der Waals surface area contributed by atoms with Crippen LogP contribution in [-0.4, -0.2) is 19.3 Å². The largest absolute Gasteiger partial charge is 0.493 e. The number of benzene rings is 1. The molecule has 0 heterocycles. The average molecular weight is 271 g/mol. The molecule has 0 saturated heterocycles. The second kappa shape index (κ2) is 4.63. The quantitative estimate of drug-likeness (QED) is 0.911. The highest BCUT2D eigenvalue weighted by atomic mass is 35.5. The minimum Gasteiger partial charge on any atom is -0.493 e. The fraction of sp³-hybridized carbons (Fsp3) is 0.571. The van der Waals surface area contributed by atoms with Crippen LogP contribution in [-0.2, 0) is 5.60 Å². The van der Waals surface area contributed by atoms with Crippen molar-refractivity contribution >= 4 is 11.6 Å². The van der Waals surface area contributed by atoms with E-state index in [0.717, 1.165) is 24.0 Å². The third-order valence-corrected chi connectivity index (χ3v) is 3.72. The third-order valence-electron chi connectivity index (χ3n) is 3.42. The van der Waals surface area contributed by atoms with Gasteiger partial charge in [0.15, 0.2) is 11.5 Å². The molecule has 0 amide bonds. The molecule has 1 N–H and O–H groups in total. The molecule has 100 valence electrons. The maximum atomic E-state index is 10.4. The van der Waals surface area contributed by atoms with Gasteiger partial charge in [-0.25, -0.2) is 0 Å². The Bertz CT molecular complexity index is 465. The van der Waals surface area contributed by atoms with Gasteiger partial charge in [-0.1, -0.05) is 25.4 Å². The van der Waals surface area contributed by atoms with Crippen molar-refractivity contribution < 1.29 is 14.6 Å². The number of ether oxygens (including phenoxy) is 2. The highest BCUT2D eigenvalue weighted by Gasteiger charge is 2.46. The number of hydrogen-bond acceptors (Lipinski definition) is 3. The van der Waals surface area contributed by atoms with Crippen molar-refractivity contribution in [2.75, 3.05) is 14.2 Å². The van der Waals surface area contributed by atoms with E-state index in [2.05, 4.69) is 13.8 Å². The highest BCUT2D eigenvalue weighted by Crippen LogP contribution is 2.54. The van der Waals surface area contributed by atoms with Gasteiger partial charge in [-0.05, 0) is 18.8 Å². The summed E-state index contributed by atoms with van der Waals surface area (Å²) in [5.74, 6) is 1.48. The van der Waals surface area contributed by atoms with Gasteiger partial charge in [-0.3, -0.25) is 0 Å². The Morgan fingerprint density at radius 1 is 1.28 bits per heavy atom. The van der Waals surface area contributed by atoms with Crippen LogP contribution in [0.2, 0.25) is 5.02 Å². The first kappa shape index (κ1) is 13.5. The minimum atomic E-state index is -0.782. The molecule has 0 spiro atoms. The van der Waals surface area contributed by atoms with Gasteiger partial charge < -0.3 is 14.6 Å². The summed E-state index contributed by atoms with van der Waals surface area (Å²) in [6.07, 6.45) is 1.50. The van der Waals surface area contributed by atoms with Gasteiger partial charge in [0.25, 0.3) is 0 Å². The lowest BCUT2D eigenvalue weighted by atomic mass is 9.91. The van der Waals surface area contributed by atoms with Crippen LogP contribution in [0, 0.1) is 0 Å². The van der Waals surface area contributed by atoms with Gasteiger partial charge in [0.2, 0.25) is 0 Å². The van der Waals surface area contributed by atoms with Crippen molar-refractivity contribution in [3.8, 4) is 11.5 Å². The molecule has 0 aromatic heterocycles. The molecule has 1 aromatic rings. The van der Waals surface area contributed by atoms with Crippen LogP contribution in [0.4, 0.5) is 0 Å². The number of rotatable bonds is 4. The summed E-state index contributed by atoms with van der Waals surface area (Å²) in [5, 5.41) is 11.0. The molecule has 0 aliphatic heterocycles. The molecular weight excluding hydrogens is 252 g/mol. The SMILES string of the molecule is COc1cc(Cl)c(C2(O)CC2)c(C(C)C)c1OC. The first-order chi connectivity index (χ1) is 8.44. The maximum Gasteiger partial charge on any atom is 0.164 e. The number of methoxy groups -OCH3 is 2. The topological polar surface area (TPSA) is 38.7 Å². The summed E-state index contributed by atoms with van der Waals surface area (Å²) in [6.45, 7) is 4.12. The first-order valence-electron chi connectivity index (χ1n) is 6.12. The van der Waals surface area contributed by atoms with Crippen LogP contribution in [0.15, 0.2) is 6.07 Å². The summed E-state index contributed by atoms with van der Waals surface area (Å²) >= 11 is 6.32. The van der Waals surface area contributed by atoms with E-state index in [1.807, 2.05) is 0 Å². The first-order valence-corrected chi connectivity index (χ1v) is 6.49. The molecule has 0 bridgehead atoms. The van der Waals surface area contributed by atoms with Crippen LogP contribution < -0.4 is 9.47 Å². The van der Waals surface area contributed by atoms with E-state index in [1.165, 1.54) is 0 Å². The molecule has 0 atom stereocenters. The maximum absolute atomic E-state index is 10.4. The number of halogens is 1. The summed E-state index contributed by atoms with van der Waals surface area (Å²) < 4.78 is 10.8. The number of hydrogen-bond donors (Lipinski definition) is 1. The van der Waals surface area contributed by atoms with E-state index in [-0.39, 0.29) is 5.92 Å². The van der Waals surface area contributed by atoms with E-state index >= 15 is 0 Å². The Balaban J connectivity index is 2.72. The Kier molecular flexibility index (Phi) is 3.47. The van der Waals surface area contributed by atoms with Crippen molar-refractivity contribution in [1.82, 2.24) is 0 Å². The highest BCUT2D eigenvalue weighted by molar-refractivity contribution is 6.32. The zero-order valence-corrected chi connectivity index (χ0v) is 12.0. The molecule has 0 radical (unpaired) electrons. The van der Waals surface area contributed by atoms with Crippen LogP contribution in [0.1, 0.15) is 43.7 Å². The van der Waals surface area contributed by atoms with Gasteiger partial charge in [0, 0.05) is 17.2 Å². The Morgan fingerprint density at radius 2 is 1.89 bits per heavy atom. The van der Waals surface area contributed by atoms with Crippen molar-refractivity contribution in [1.29, 1.82) is 0 Å². The monoisotopic (exact) mass is 270 g/mol. The van der Waals surface area contributed by atoms with Gasteiger partial charge in [0.05, 0.1) is 24.8 Å². The van der Waals surface area contributed by atoms with Gasteiger partial charge in [-0.15, -0.1) is 0 Å². The summed E-state index contributed by atoms with van der Waals surface area (Å²) in [7, 11) is 3.20. The second-order valence-corrected chi connectivity index (χ2v) is 5.48. The summed E-state index contributed by atoms with van der Waals surface area (Å²) in [4.78, 5) is 0. The molecule has 1 aliphatic carbocycles. The van der Waals surface area contributed by atoms with Crippen molar-refractivity contribution in [3.05, 3.63) is 22.2 Å².